The Balaban J connectivity index is 1.49. The van der Waals surface area contributed by atoms with Gasteiger partial charge in [0.2, 0.25) is 11.9 Å². The van der Waals surface area contributed by atoms with Crippen LogP contribution in [0.4, 0.5) is 11.1 Å². The number of anilines is 2. The van der Waals surface area contributed by atoms with Crippen molar-refractivity contribution in [1.82, 2.24) is 29.5 Å². The van der Waals surface area contributed by atoms with E-state index in [1.165, 1.54) is 0 Å². The van der Waals surface area contributed by atoms with Gasteiger partial charge in [0.05, 0.1) is 12.1 Å². The van der Waals surface area contributed by atoms with Gasteiger partial charge in [0.25, 0.3) is 5.78 Å². The first kappa shape index (κ1) is 18.6. The van der Waals surface area contributed by atoms with Gasteiger partial charge in [0, 0.05) is 48.5 Å². The first-order valence-electron chi connectivity index (χ1n) is 9.35. The van der Waals surface area contributed by atoms with E-state index in [2.05, 4.69) is 30.3 Å². The molecular weight excluding hydrogens is 376 g/mol. The number of nitrogens with zero attached hydrogens (tertiary/aromatic N) is 7. The number of carbonyl (C=O) groups is 1. The molecule has 1 amide bonds. The normalized spacial score (nSPS) is 15.2. The zero-order chi connectivity index (χ0) is 19.8. The molecule has 0 spiro atoms. The fourth-order valence-electron chi connectivity index (χ4n) is 3.59. The number of hydrogen-bond acceptors (Lipinski definition) is 8. The number of nitrogens with two attached hydrogens (primary N) is 1. The van der Waals surface area contributed by atoms with Crippen LogP contribution >= 0.6 is 11.3 Å². The number of nitrogen functional groups attached to an aromatic ring is 1. The molecular formula is C18H24N8OS. The second-order valence-corrected chi connectivity index (χ2v) is 7.95. The summed E-state index contributed by atoms with van der Waals surface area (Å²) in [5.41, 5.74) is 9.27. The molecule has 4 heterocycles. The standard InChI is InChI=1S/C18H24N8OS/c1-11-10-28-18(20-11)25-6-4-5-24(7-8-25)15(27)9-14-12(2)21-17-22-16(19)23-26(17)13(14)3/h10H,4-9H2,1-3H3,(H2,19,23). The van der Waals surface area contributed by atoms with Crippen molar-refractivity contribution < 1.29 is 4.79 Å². The minimum absolute atomic E-state index is 0.109. The van der Waals surface area contributed by atoms with Crippen LogP contribution in [-0.4, -0.2) is 61.6 Å². The number of carbonyl (C=O) groups excluding carboxylic acids is 1. The summed E-state index contributed by atoms with van der Waals surface area (Å²) in [5.74, 6) is 0.758. The Morgan fingerprint density at radius 2 is 1.96 bits per heavy atom. The molecule has 1 fully saturated rings. The Morgan fingerprint density at radius 1 is 1.14 bits per heavy atom. The van der Waals surface area contributed by atoms with Crippen LogP contribution in [0.2, 0.25) is 0 Å². The molecule has 1 aliphatic heterocycles. The highest BCUT2D eigenvalue weighted by atomic mass is 32.1. The summed E-state index contributed by atoms with van der Waals surface area (Å²) in [4.78, 5) is 30.4. The Kier molecular flexibility index (Phi) is 4.88. The molecule has 0 aromatic carbocycles. The molecule has 10 heteroatoms. The van der Waals surface area contributed by atoms with Gasteiger partial charge >= 0.3 is 0 Å². The van der Waals surface area contributed by atoms with E-state index >= 15 is 0 Å². The first-order chi connectivity index (χ1) is 13.4. The quantitative estimate of drug-likeness (QED) is 0.708. The molecule has 0 atom stereocenters. The smallest absolute Gasteiger partial charge is 0.254 e. The summed E-state index contributed by atoms with van der Waals surface area (Å²) in [7, 11) is 0. The highest BCUT2D eigenvalue weighted by Crippen LogP contribution is 2.22. The lowest BCUT2D eigenvalue weighted by atomic mass is 10.1. The average molecular weight is 401 g/mol. The minimum atomic E-state index is 0.109. The number of rotatable bonds is 3. The van der Waals surface area contributed by atoms with Crippen molar-refractivity contribution in [3.8, 4) is 0 Å². The van der Waals surface area contributed by atoms with Gasteiger partial charge in [0.1, 0.15) is 0 Å². The van der Waals surface area contributed by atoms with Gasteiger partial charge in [-0.15, -0.1) is 16.4 Å². The van der Waals surface area contributed by atoms with Gasteiger partial charge in [0.15, 0.2) is 5.13 Å². The van der Waals surface area contributed by atoms with Crippen LogP contribution in [0.3, 0.4) is 0 Å². The third-order valence-electron chi connectivity index (χ3n) is 5.12. The van der Waals surface area contributed by atoms with Crippen LogP contribution in [0.1, 0.15) is 29.1 Å². The molecule has 0 saturated carbocycles. The predicted molar refractivity (Wildman–Crippen MR) is 109 cm³/mol. The summed E-state index contributed by atoms with van der Waals surface area (Å²) in [6.45, 7) is 8.99. The highest BCUT2D eigenvalue weighted by molar-refractivity contribution is 7.13. The van der Waals surface area contributed by atoms with Crippen LogP contribution in [0.15, 0.2) is 5.38 Å². The second kappa shape index (κ2) is 7.34. The molecule has 1 saturated heterocycles. The lowest BCUT2D eigenvalue weighted by molar-refractivity contribution is -0.130. The van der Waals surface area contributed by atoms with E-state index in [9.17, 15) is 4.79 Å². The lowest BCUT2D eigenvalue weighted by Crippen LogP contribution is -2.36. The molecule has 3 aromatic heterocycles. The van der Waals surface area contributed by atoms with E-state index in [4.69, 9.17) is 5.73 Å². The average Bonchev–Trinajstić information content (AvgIpc) is 3.15. The Labute approximate surface area is 167 Å². The van der Waals surface area contributed by atoms with Crippen molar-refractivity contribution in [2.75, 3.05) is 36.8 Å². The van der Waals surface area contributed by atoms with Crippen molar-refractivity contribution in [1.29, 1.82) is 0 Å². The highest BCUT2D eigenvalue weighted by Gasteiger charge is 2.23. The van der Waals surface area contributed by atoms with Gasteiger partial charge in [-0.1, -0.05) is 0 Å². The summed E-state index contributed by atoms with van der Waals surface area (Å²) >= 11 is 1.66. The molecule has 0 unspecified atom stereocenters. The summed E-state index contributed by atoms with van der Waals surface area (Å²) < 4.78 is 1.61. The van der Waals surface area contributed by atoms with E-state index in [0.29, 0.717) is 18.7 Å². The largest absolute Gasteiger partial charge is 0.366 e. The number of fused-ring (bicyclic) bond motifs is 1. The van der Waals surface area contributed by atoms with Gasteiger partial charge in [-0.3, -0.25) is 4.79 Å². The Hall–Kier alpha value is -2.75. The van der Waals surface area contributed by atoms with Crippen molar-refractivity contribution in [3.63, 3.8) is 0 Å². The van der Waals surface area contributed by atoms with Crippen molar-refractivity contribution in [3.05, 3.63) is 28.0 Å². The van der Waals surface area contributed by atoms with Crippen LogP contribution < -0.4 is 10.6 Å². The van der Waals surface area contributed by atoms with Crippen LogP contribution in [0.25, 0.3) is 5.78 Å². The summed E-state index contributed by atoms with van der Waals surface area (Å²) in [5, 5.41) is 7.28. The van der Waals surface area contributed by atoms with Crippen molar-refractivity contribution in [2.24, 2.45) is 0 Å². The predicted octanol–water partition coefficient (Wildman–Crippen LogP) is 1.37. The molecule has 148 valence electrons. The first-order valence-corrected chi connectivity index (χ1v) is 10.2. The lowest BCUT2D eigenvalue weighted by Gasteiger charge is -2.22. The SMILES string of the molecule is Cc1csc(N2CCCN(C(=O)Cc3c(C)nc4nc(N)nn4c3C)CC2)n1. The molecule has 4 rings (SSSR count). The van der Waals surface area contributed by atoms with E-state index < -0.39 is 0 Å². The number of aromatic nitrogens is 5. The van der Waals surface area contributed by atoms with E-state index in [0.717, 1.165) is 53.8 Å². The summed E-state index contributed by atoms with van der Waals surface area (Å²) in [6.07, 6.45) is 1.23. The van der Waals surface area contributed by atoms with Crippen molar-refractivity contribution in [2.45, 2.75) is 33.6 Å². The fraction of sp³-hybridized carbons (Fsp3) is 0.500. The molecule has 0 radical (unpaired) electrons. The maximum atomic E-state index is 13.0. The second-order valence-electron chi connectivity index (χ2n) is 7.11. The van der Waals surface area contributed by atoms with Crippen LogP contribution in [0, 0.1) is 20.8 Å². The molecule has 3 aromatic rings. The summed E-state index contributed by atoms with van der Waals surface area (Å²) in [6, 6.07) is 0. The van der Waals surface area contributed by atoms with Crippen molar-refractivity contribution >= 4 is 34.1 Å². The van der Waals surface area contributed by atoms with Gasteiger partial charge in [-0.05, 0) is 27.2 Å². The fourth-order valence-corrected chi connectivity index (χ4v) is 4.44. The monoisotopic (exact) mass is 400 g/mol. The number of thiazole rings is 1. The Morgan fingerprint density at radius 3 is 2.71 bits per heavy atom. The van der Waals surface area contributed by atoms with E-state index in [-0.39, 0.29) is 11.9 Å². The van der Waals surface area contributed by atoms with Gasteiger partial charge in [-0.2, -0.15) is 9.50 Å². The molecule has 2 N–H and O–H groups in total. The topological polar surface area (TPSA) is 106 Å². The van der Waals surface area contributed by atoms with Crippen LogP contribution in [-0.2, 0) is 11.2 Å². The number of amides is 1. The van der Waals surface area contributed by atoms with Gasteiger partial charge < -0.3 is 15.5 Å². The van der Waals surface area contributed by atoms with Gasteiger partial charge in [-0.25, -0.2) is 9.97 Å². The third-order valence-corrected chi connectivity index (χ3v) is 6.14. The van der Waals surface area contributed by atoms with E-state index in [1.807, 2.05) is 25.7 Å². The minimum Gasteiger partial charge on any atom is -0.366 e. The molecule has 9 nitrogen and oxygen atoms in total. The number of hydrogen-bond donors (Lipinski definition) is 1. The third kappa shape index (κ3) is 3.51. The number of aryl methyl sites for hydroxylation is 3. The molecule has 28 heavy (non-hydrogen) atoms. The maximum Gasteiger partial charge on any atom is 0.254 e. The zero-order valence-electron chi connectivity index (χ0n) is 16.3. The van der Waals surface area contributed by atoms with E-state index in [1.54, 1.807) is 15.9 Å². The Bertz CT molecular complexity index is 1030. The van der Waals surface area contributed by atoms with Crippen LogP contribution in [0.5, 0.6) is 0 Å². The zero-order valence-corrected chi connectivity index (χ0v) is 17.2. The molecule has 1 aliphatic rings. The molecule has 0 bridgehead atoms. The maximum absolute atomic E-state index is 13.0. The molecule has 0 aliphatic carbocycles.